The molecule has 2 aromatic carbocycles. The van der Waals surface area contributed by atoms with Gasteiger partial charge in [-0.25, -0.2) is 0 Å². The Kier molecular flexibility index (Phi) is 4.24. The fourth-order valence-electron chi connectivity index (χ4n) is 3.11. The smallest absolute Gasteiger partial charge is 0.289 e. The van der Waals surface area contributed by atoms with Gasteiger partial charge < -0.3 is 18.8 Å². The second-order valence-electron chi connectivity index (χ2n) is 6.38. The number of carbonyl (C=O) groups excluding carboxylic acids is 1. The van der Waals surface area contributed by atoms with Gasteiger partial charge in [0.2, 0.25) is 0 Å². The molecule has 6 heteroatoms. The number of amides is 1. The summed E-state index contributed by atoms with van der Waals surface area (Å²) in [6.07, 6.45) is -0.238. The summed E-state index contributed by atoms with van der Waals surface area (Å²) in [6, 6.07) is 12.8. The third-order valence-electron chi connectivity index (χ3n) is 4.48. The minimum absolute atomic E-state index is 0.197. The fourth-order valence-corrected chi connectivity index (χ4v) is 3.28. The van der Waals surface area contributed by atoms with Gasteiger partial charge in [0.05, 0.1) is 6.54 Å². The molecule has 1 aromatic heterocycles. The Hall–Kier alpha value is -2.66. The van der Waals surface area contributed by atoms with Crippen molar-refractivity contribution in [2.24, 2.45) is 0 Å². The molecule has 1 aliphatic heterocycles. The zero-order valence-electron chi connectivity index (χ0n) is 14.5. The van der Waals surface area contributed by atoms with E-state index in [-0.39, 0.29) is 12.0 Å². The van der Waals surface area contributed by atoms with Crippen LogP contribution in [0.15, 0.2) is 46.9 Å². The molecule has 3 aromatic rings. The van der Waals surface area contributed by atoms with Crippen LogP contribution >= 0.6 is 11.6 Å². The molecule has 0 saturated carbocycles. The largest absolute Gasteiger partial charge is 0.486 e. The van der Waals surface area contributed by atoms with E-state index in [0.717, 1.165) is 16.7 Å². The highest BCUT2D eigenvalue weighted by molar-refractivity contribution is 6.31. The summed E-state index contributed by atoms with van der Waals surface area (Å²) in [5, 5.41) is 1.46. The van der Waals surface area contributed by atoms with Gasteiger partial charge in [-0.2, -0.15) is 0 Å². The summed E-state index contributed by atoms with van der Waals surface area (Å²) < 4.78 is 17.4. The van der Waals surface area contributed by atoms with Crippen LogP contribution in [-0.4, -0.2) is 37.1 Å². The van der Waals surface area contributed by atoms with E-state index >= 15 is 0 Å². The van der Waals surface area contributed by atoms with Crippen LogP contribution in [0.2, 0.25) is 5.02 Å². The summed E-state index contributed by atoms with van der Waals surface area (Å²) in [5.41, 5.74) is 1.43. The molecule has 2 heterocycles. The van der Waals surface area contributed by atoms with E-state index in [0.29, 0.717) is 35.3 Å². The SMILES string of the molecule is Cc1c(C(=O)N(C)C[C@@H]2COc3ccccc3O2)oc2ccc(Cl)cc12. The Morgan fingerprint density at radius 3 is 2.81 bits per heavy atom. The lowest BCUT2D eigenvalue weighted by molar-refractivity contribution is 0.0502. The number of hydrogen-bond donors (Lipinski definition) is 0. The average molecular weight is 372 g/mol. The van der Waals surface area contributed by atoms with Crippen LogP contribution in [0.5, 0.6) is 11.5 Å². The van der Waals surface area contributed by atoms with E-state index in [9.17, 15) is 4.79 Å². The standard InChI is InChI=1S/C20H18ClNO4/c1-12-15-9-13(21)7-8-16(15)26-19(12)20(23)22(2)10-14-11-24-17-5-3-4-6-18(17)25-14/h3-9,14H,10-11H2,1-2H3/t14-/m1/s1. The number of ether oxygens (including phenoxy) is 2. The first-order valence-electron chi connectivity index (χ1n) is 8.35. The molecular weight excluding hydrogens is 354 g/mol. The van der Waals surface area contributed by atoms with Gasteiger partial charge in [-0.1, -0.05) is 23.7 Å². The number of benzene rings is 2. The van der Waals surface area contributed by atoms with E-state index in [1.165, 1.54) is 0 Å². The number of halogens is 1. The Morgan fingerprint density at radius 2 is 2.00 bits per heavy atom. The van der Waals surface area contributed by atoms with E-state index in [1.54, 1.807) is 24.1 Å². The normalized spacial score (nSPS) is 15.9. The van der Waals surface area contributed by atoms with Crippen molar-refractivity contribution in [3.8, 4) is 11.5 Å². The van der Waals surface area contributed by atoms with Crippen molar-refractivity contribution in [2.45, 2.75) is 13.0 Å². The average Bonchev–Trinajstić information content (AvgIpc) is 2.97. The number of nitrogens with zero attached hydrogens (tertiary/aromatic N) is 1. The molecule has 26 heavy (non-hydrogen) atoms. The third-order valence-corrected chi connectivity index (χ3v) is 4.72. The third kappa shape index (κ3) is 2.99. The summed E-state index contributed by atoms with van der Waals surface area (Å²) in [6.45, 7) is 2.65. The zero-order valence-corrected chi connectivity index (χ0v) is 15.2. The van der Waals surface area contributed by atoms with Crippen LogP contribution in [0, 0.1) is 6.92 Å². The predicted octanol–water partition coefficient (Wildman–Crippen LogP) is 4.31. The number of aryl methyl sites for hydroxylation is 1. The van der Waals surface area contributed by atoms with Crippen molar-refractivity contribution >= 4 is 28.5 Å². The number of hydrogen-bond acceptors (Lipinski definition) is 4. The molecule has 0 bridgehead atoms. The lowest BCUT2D eigenvalue weighted by Gasteiger charge is -2.29. The van der Waals surface area contributed by atoms with Crippen molar-refractivity contribution in [2.75, 3.05) is 20.2 Å². The van der Waals surface area contributed by atoms with E-state index in [1.807, 2.05) is 37.3 Å². The van der Waals surface area contributed by atoms with Gasteiger partial charge >= 0.3 is 0 Å². The summed E-state index contributed by atoms with van der Waals surface area (Å²) >= 11 is 6.04. The van der Waals surface area contributed by atoms with Gasteiger partial charge in [-0.15, -0.1) is 0 Å². The van der Waals surface area contributed by atoms with Crippen LogP contribution in [0.4, 0.5) is 0 Å². The van der Waals surface area contributed by atoms with Gasteiger partial charge in [-0.3, -0.25) is 4.79 Å². The number of furan rings is 1. The molecule has 0 saturated heterocycles. The zero-order chi connectivity index (χ0) is 18.3. The van der Waals surface area contributed by atoms with Gasteiger partial charge in [0.25, 0.3) is 5.91 Å². The van der Waals surface area contributed by atoms with Crippen LogP contribution in [0.3, 0.4) is 0 Å². The minimum Gasteiger partial charge on any atom is -0.486 e. The van der Waals surface area contributed by atoms with Gasteiger partial charge in [0.15, 0.2) is 23.4 Å². The van der Waals surface area contributed by atoms with Gasteiger partial charge in [0, 0.05) is 23.0 Å². The number of fused-ring (bicyclic) bond motifs is 2. The van der Waals surface area contributed by atoms with Crippen molar-refractivity contribution in [1.29, 1.82) is 0 Å². The maximum Gasteiger partial charge on any atom is 0.289 e. The molecule has 0 unspecified atom stereocenters. The van der Waals surface area contributed by atoms with Crippen LogP contribution in [0.25, 0.3) is 11.0 Å². The molecule has 1 aliphatic rings. The molecule has 0 N–H and O–H groups in total. The molecule has 4 rings (SSSR count). The van der Waals surface area contributed by atoms with Crippen LogP contribution in [-0.2, 0) is 0 Å². The first-order valence-corrected chi connectivity index (χ1v) is 8.73. The summed E-state index contributed by atoms with van der Waals surface area (Å²) in [4.78, 5) is 14.4. The molecule has 0 aliphatic carbocycles. The first-order chi connectivity index (χ1) is 12.5. The molecule has 5 nitrogen and oxygen atoms in total. The van der Waals surface area contributed by atoms with Crippen molar-refractivity contribution in [3.05, 3.63) is 58.8 Å². The number of rotatable bonds is 3. The second-order valence-corrected chi connectivity index (χ2v) is 6.82. The first kappa shape index (κ1) is 16.8. The Labute approximate surface area is 156 Å². The lowest BCUT2D eigenvalue weighted by Crippen LogP contribution is -2.41. The van der Waals surface area contributed by atoms with E-state index < -0.39 is 0 Å². The second kappa shape index (κ2) is 6.57. The molecule has 0 spiro atoms. The van der Waals surface area contributed by atoms with E-state index in [4.69, 9.17) is 25.5 Å². The molecule has 1 amide bonds. The molecule has 0 fully saturated rings. The Bertz CT molecular complexity index is 981. The summed E-state index contributed by atoms with van der Waals surface area (Å²) in [5.74, 6) is 1.54. The Morgan fingerprint density at radius 1 is 1.23 bits per heavy atom. The molecular formula is C20H18ClNO4. The number of carbonyl (C=O) groups is 1. The van der Waals surface area contributed by atoms with Gasteiger partial charge in [-0.05, 0) is 37.3 Å². The number of likely N-dealkylation sites (N-methyl/N-ethyl adjacent to an activating group) is 1. The molecule has 1 atom stereocenters. The number of para-hydroxylation sites is 2. The summed E-state index contributed by atoms with van der Waals surface area (Å²) in [7, 11) is 1.73. The van der Waals surface area contributed by atoms with E-state index in [2.05, 4.69) is 0 Å². The Balaban J connectivity index is 1.51. The minimum atomic E-state index is -0.238. The highest BCUT2D eigenvalue weighted by Crippen LogP contribution is 2.32. The van der Waals surface area contributed by atoms with Crippen LogP contribution < -0.4 is 9.47 Å². The predicted molar refractivity (Wildman–Crippen MR) is 99.3 cm³/mol. The highest BCUT2D eigenvalue weighted by atomic mass is 35.5. The maximum absolute atomic E-state index is 12.8. The van der Waals surface area contributed by atoms with Gasteiger partial charge in [0.1, 0.15) is 12.2 Å². The van der Waals surface area contributed by atoms with Crippen molar-refractivity contribution in [1.82, 2.24) is 4.90 Å². The fraction of sp³-hybridized carbons (Fsp3) is 0.250. The quantitative estimate of drug-likeness (QED) is 0.688. The van der Waals surface area contributed by atoms with Crippen LogP contribution in [0.1, 0.15) is 16.1 Å². The maximum atomic E-state index is 12.8. The van der Waals surface area contributed by atoms with Crippen molar-refractivity contribution in [3.63, 3.8) is 0 Å². The topological polar surface area (TPSA) is 51.9 Å². The highest BCUT2D eigenvalue weighted by Gasteiger charge is 2.27. The van der Waals surface area contributed by atoms with Crippen molar-refractivity contribution < 1.29 is 18.7 Å². The molecule has 134 valence electrons. The molecule has 0 radical (unpaired) electrons. The monoisotopic (exact) mass is 371 g/mol. The lowest BCUT2D eigenvalue weighted by atomic mass is 10.1.